The third kappa shape index (κ3) is 3.93. The Bertz CT molecular complexity index is 1800. The van der Waals surface area contributed by atoms with E-state index in [0.717, 1.165) is 40.8 Å². The maximum Gasteiger partial charge on any atom is 0.329 e. The molecule has 5 aromatic rings. The number of ether oxygens (including phenoxy) is 1. The summed E-state index contributed by atoms with van der Waals surface area (Å²) < 4.78 is 39.0. The van der Waals surface area contributed by atoms with Gasteiger partial charge in [-0.15, -0.1) is 4.37 Å². The van der Waals surface area contributed by atoms with E-state index in [2.05, 4.69) is 29.2 Å². The van der Waals surface area contributed by atoms with Crippen molar-refractivity contribution in [1.82, 2.24) is 32.8 Å². The van der Waals surface area contributed by atoms with Gasteiger partial charge in [-0.2, -0.15) is 4.98 Å². The molecule has 1 N–H and O–H groups in total. The Morgan fingerprint density at radius 3 is 2.59 bits per heavy atom. The minimum atomic E-state index is -3.79. The Morgan fingerprint density at radius 1 is 1.10 bits per heavy atom. The molecule has 2 unspecified atom stereocenters. The molecule has 12 nitrogen and oxygen atoms in total. The van der Waals surface area contributed by atoms with Crippen molar-refractivity contribution >= 4 is 54.8 Å². The maximum absolute atomic E-state index is 13.3. The standard InChI is InChI=1S/C25H24N8O4S2/c1-37-23-28-24(38-30-23)29-25(34)31-12-15-9-17(10-16(15)13-31)32-14-27-20-11-26-22-19(21(20)32)7-8-33(22)39(35,36)18-5-3-2-4-6-18/h2-8,11,14-17H,9-10,12-13H2,1H3,(H,28,29,30,34)/t15-,16?,17?/m0/s1. The SMILES string of the molecule is COc1nsc(NC(=O)N2CC3CC(n4cnc5cnc6c(ccn6S(=O)(=O)c6ccccc6)c54)C[C@H]3C2)n1. The van der Waals surface area contributed by atoms with Crippen LogP contribution in [0.4, 0.5) is 9.93 Å². The first-order valence-corrected chi connectivity index (χ1v) is 14.7. The molecule has 2 aliphatic rings. The fourth-order valence-corrected chi connectivity index (χ4v) is 7.79. The Hall–Kier alpha value is -4.04. The minimum Gasteiger partial charge on any atom is -0.466 e. The van der Waals surface area contributed by atoms with Crippen LogP contribution in [0.3, 0.4) is 0 Å². The number of anilines is 1. The lowest BCUT2D eigenvalue weighted by Gasteiger charge is -2.20. The minimum absolute atomic E-state index is 0.179. The number of methoxy groups -OCH3 is 1. The van der Waals surface area contributed by atoms with E-state index in [9.17, 15) is 13.2 Å². The summed E-state index contributed by atoms with van der Waals surface area (Å²) in [4.78, 5) is 28.0. The molecule has 1 aliphatic carbocycles. The largest absolute Gasteiger partial charge is 0.466 e. The van der Waals surface area contributed by atoms with E-state index in [1.807, 2.05) is 11.2 Å². The number of nitrogens with one attached hydrogen (secondary N) is 1. The molecule has 0 radical (unpaired) electrons. The Morgan fingerprint density at radius 2 is 1.87 bits per heavy atom. The van der Waals surface area contributed by atoms with Crippen LogP contribution in [0.5, 0.6) is 6.01 Å². The van der Waals surface area contributed by atoms with Gasteiger partial charge in [-0.05, 0) is 42.9 Å². The van der Waals surface area contributed by atoms with Gasteiger partial charge in [-0.3, -0.25) is 5.32 Å². The van der Waals surface area contributed by atoms with Gasteiger partial charge in [0.1, 0.15) is 5.52 Å². The summed E-state index contributed by atoms with van der Waals surface area (Å²) in [5, 5.41) is 3.97. The first-order chi connectivity index (χ1) is 18.9. The highest BCUT2D eigenvalue weighted by Gasteiger charge is 2.43. The number of imidazole rings is 1. The number of amides is 2. The van der Waals surface area contributed by atoms with Crippen LogP contribution >= 0.6 is 11.5 Å². The predicted molar refractivity (Wildman–Crippen MR) is 144 cm³/mol. The molecule has 2 amide bonds. The molecule has 1 aromatic carbocycles. The topological polar surface area (TPSA) is 137 Å². The second-order valence-electron chi connectivity index (χ2n) is 9.88. The van der Waals surface area contributed by atoms with Crippen LogP contribution in [0.15, 0.2) is 60.0 Å². The quantitative estimate of drug-likeness (QED) is 0.342. The summed E-state index contributed by atoms with van der Waals surface area (Å²) in [5.41, 5.74) is 1.98. The number of carbonyl (C=O) groups excluding carboxylic acids is 1. The first-order valence-electron chi connectivity index (χ1n) is 12.5. The summed E-state index contributed by atoms with van der Waals surface area (Å²) in [6.45, 7) is 1.33. The van der Waals surface area contributed by atoms with Gasteiger partial charge in [0.15, 0.2) is 5.65 Å². The molecule has 39 heavy (non-hydrogen) atoms. The number of nitrogens with zero attached hydrogens (tertiary/aromatic N) is 7. The molecule has 2 fully saturated rings. The van der Waals surface area contributed by atoms with Crippen molar-refractivity contribution in [1.29, 1.82) is 0 Å². The maximum atomic E-state index is 13.3. The van der Waals surface area contributed by atoms with Gasteiger partial charge in [0.05, 0.1) is 30.0 Å². The van der Waals surface area contributed by atoms with E-state index in [-0.39, 0.29) is 23.0 Å². The van der Waals surface area contributed by atoms with Crippen molar-refractivity contribution in [3.63, 3.8) is 0 Å². The molecule has 4 aromatic heterocycles. The molecule has 14 heteroatoms. The number of aromatic nitrogens is 6. The summed E-state index contributed by atoms with van der Waals surface area (Å²) in [5.74, 6) is 0.727. The lowest BCUT2D eigenvalue weighted by Crippen LogP contribution is -2.34. The number of hydrogen-bond acceptors (Lipinski definition) is 9. The molecule has 0 bridgehead atoms. The third-order valence-corrected chi connectivity index (χ3v) is 10.0. The second-order valence-corrected chi connectivity index (χ2v) is 12.4. The van der Waals surface area contributed by atoms with Crippen LogP contribution in [0, 0.1) is 11.8 Å². The number of likely N-dealkylation sites (tertiary alicyclic amines) is 1. The molecule has 1 aliphatic heterocycles. The van der Waals surface area contributed by atoms with E-state index in [4.69, 9.17) is 4.74 Å². The van der Waals surface area contributed by atoms with Gasteiger partial charge in [-0.1, -0.05) is 18.2 Å². The Labute approximate surface area is 227 Å². The lowest BCUT2D eigenvalue weighted by atomic mass is 10.0. The summed E-state index contributed by atoms with van der Waals surface area (Å²) in [7, 11) is -2.30. The zero-order valence-corrected chi connectivity index (χ0v) is 22.5. The predicted octanol–water partition coefficient (Wildman–Crippen LogP) is 3.60. The molecule has 1 saturated carbocycles. The van der Waals surface area contributed by atoms with Crippen molar-refractivity contribution in [2.45, 2.75) is 23.8 Å². The number of carbonyl (C=O) groups is 1. The number of pyridine rings is 1. The van der Waals surface area contributed by atoms with Crippen LogP contribution in [-0.2, 0) is 10.0 Å². The number of urea groups is 1. The lowest BCUT2D eigenvalue weighted by molar-refractivity contribution is 0.217. The van der Waals surface area contributed by atoms with E-state index < -0.39 is 10.0 Å². The smallest absolute Gasteiger partial charge is 0.329 e. The van der Waals surface area contributed by atoms with Crippen LogP contribution in [0.2, 0.25) is 0 Å². The molecule has 1 saturated heterocycles. The Balaban J connectivity index is 1.13. The van der Waals surface area contributed by atoms with Gasteiger partial charge in [0, 0.05) is 42.2 Å². The molecule has 3 atom stereocenters. The van der Waals surface area contributed by atoms with Gasteiger partial charge in [0.25, 0.3) is 10.0 Å². The third-order valence-electron chi connectivity index (χ3n) is 7.72. The van der Waals surface area contributed by atoms with Gasteiger partial charge in [-0.25, -0.2) is 27.2 Å². The Kier molecular flexibility index (Phi) is 5.56. The van der Waals surface area contributed by atoms with Crippen LogP contribution in [0.25, 0.3) is 22.1 Å². The average molecular weight is 565 g/mol. The zero-order chi connectivity index (χ0) is 26.7. The number of hydrogen-bond donors (Lipinski definition) is 1. The van der Waals surface area contributed by atoms with Crippen molar-refractivity contribution in [2.24, 2.45) is 11.8 Å². The highest BCUT2D eigenvalue weighted by atomic mass is 32.2. The molecule has 0 spiro atoms. The number of benzene rings is 1. The first kappa shape index (κ1) is 24.0. The van der Waals surface area contributed by atoms with Gasteiger partial charge < -0.3 is 14.2 Å². The van der Waals surface area contributed by atoms with E-state index in [0.29, 0.717) is 35.7 Å². The zero-order valence-electron chi connectivity index (χ0n) is 20.8. The summed E-state index contributed by atoms with van der Waals surface area (Å²) in [6.07, 6.45) is 6.83. The van der Waals surface area contributed by atoms with E-state index >= 15 is 0 Å². The van der Waals surface area contributed by atoms with E-state index in [1.54, 1.807) is 48.8 Å². The molecular weight excluding hydrogens is 540 g/mol. The van der Waals surface area contributed by atoms with Gasteiger partial charge >= 0.3 is 12.0 Å². The normalized spacial score (nSPS) is 21.1. The molecule has 200 valence electrons. The highest BCUT2D eigenvalue weighted by Crippen LogP contribution is 2.45. The van der Waals surface area contributed by atoms with Crippen molar-refractivity contribution < 1.29 is 17.9 Å². The van der Waals surface area contributed by atoms with Crippen LogP contribution in [-0.4, -0.2) is 67.4 Å². The summed E-state index contributed by atoms with van der Waals surface area (Å²) >= 11 is 1.09. The molecular formula is C25H24N8O4S2. The summed E-state index contributed by atoms with van der Waals surface area (Å²) in [6, 6.07) is 10.4. The van der Waals surface area contributed by atoms with Crippen molar-refractivity contribution in [3.8, 4) is 6.01 Å². The monoisotopic (exact) mass is 564 g/mol. The fraction of sp³-hybridized carbons (Fsp3) is 0.320. The number of fused-ring (bicyclic) bond motifs is 4. The van der Waals surface area contributed by atoms with Crippen molar-refractivity contribution in [3.05, 3.63) is 55.1 Å². The van der Waals surface area contributed by atoms with Crippen LogP contribution in [0.1, 0.15) is 18.9 Å². The number of rotatable bonds is 5. The molecule has 7 rings (SSSR count). The molecule has 5 heterocycles. The fourth-order valence-electron chi connectivity index (χ4n) is 5.94. The second kappa shape index (κ2) is 9.02. The highest BCUT2D eigenvalue weighted by molar-refractivity contribution is 7.90. The van der Waals surface area contributed by atoms with Gasteiger partial charge in [0.2, 0.25) is 5.13 Å². The average Bonchev–Trinajstić information content (AvgIpc) is 3.75. The van der Waals surface area contributed by atoms with Crippen LogP contribution < -0.4 is 10.1 Å². The van der Waals surface area contributed by atoms with Crippen molar-refractivity contribution in [2.75, 3.05) is 25.5 Å². The van der Waals surface area contributed by atoms with E-state index in [1.165, 1.54) is 11.1 Å².